The third-order valence-corrected chi connectivity index (χ3v) is 4.63. The lowest BCUT2D eigenvalue weighted by Gasteiger charge is -2.22. The zero-order valence-corrected chi connectivity index (χ0v) is 10.5. The molecule has 84 valence electrons. The summed E-state index contributed by atoms with van der Waals surface area (Å²) in [6, 6.07) is 0. The van der Waals surface area contributed by atoms with Crippen LogP contribution in [0.25, 0.3) is 0 Å². The van der Waals surface area contributed by atoms with Gasteiger partial charge in [-0.05, 0) is 11.2 Å². The maximum absolute atomic E-state index is 5.97. The molecule has 2 rings (SSSR count). The minimum Gasteiger partial charge on any atom is -0.552 e. The topological polar surface area (TPSA) is 9.23 Å². The molecule has 1 heterocycles. The second-order valence-corrected chi connectivity index (χ2v) is 5.64. The third-order valence-electron chi connectivity index (χ3n) is 3.48. The van der Waals surface area contributed by atoms with Crippen LogP contribution in [0.15, 0.2) is 11.2 Å². The van der Waals surface area contributed by atoms with E-state index in [-0.39, 0.29) is 0 Å². The molecule has 1 aliphatic heterocycles. The Morgan fingerprint density at radius 1 is 1.27 bits per heavy atom. The van der Waals surface area contributed by atoms with Crippen molar-refractivity contribution >= 4 is 17.8 Å². The monoisotopic (exact) mass is 224 g/mol. The quantitative estimate of drug-likeness (QED) is 0.633. The molecule has 0 aromatic carbocycles. The minimum atomic E-state index is 0.443. The van der Waals surface area contributed by atoms with E-state index in [0.29, 0.717) is 6.19 Å². The van der Waals surface area contributed by atoms with Gasteiger partial charge in [0.25, 0.3) is 0 Å². The molecule has 0 atom stereocenters. The highest BCUT2D eigenvalue weighted by atomic mass is 32.2. The van der Waals surface area contributed by atoms with Crippen molar-refractivity contribution in [2.75, 3.05) is 0 Å². The van der Waals surface area contributed by atoms with Crippen molar-refractivity contribution in [2.24, 2.45) is 0 Å². The van der Waals surface area contributed by atoms with Crippen LogP contribution in [0.1, 0.15) is 58.3 Å². The standard InChI is InChI=1S/C12H21BOS/c1-2-12-10-15-13(14-12)11-8-6-4-3-5-7-9-11/h10-11H,2-9H2,1H3. The maximum atomic E-state index is 5.97. The predicted molar refractivity (Wildman–Crippen MR) is 68.9 cm³/mol. The maximum Gasteiger partial charge on any atom is 0.433 e. The van der Waals surface area contributed by atoms with E-state index in [1.807, 2.05) is 11.6 Å². The summed E-state index contributed by atoms with van der Waals surface area (Å²) in [5.41, 5.74) is 0. The molecule has 15 heavy (non-hydrogen) atoms. The normalized spacial score (nSPS) is 24.3. The van der Waals surface area contributed by atoms with Crippen LogP contribution in [0.5, 0.6) is 0 Å². The summed E-state index contributed by atoms with van der Waals surface area (Å²) in [6.07, 6.45) is 11.4. The zero-order valence-electron chi connectivity index (χ0n) is 9.71. The summed E-state index contributed by atoms with van der Waals surface area (Å²) in [7, 11) is 0. The van der Waals surface area contributed by atoms with E-state index in [9.17, 15) is 0 Å². The molecule has 1 saturated carbocycles. The van der Waals surface area contributed by atoms with Gasteiger partial charge in [0.05, 0.1) is 5.76 Å². The fourth-order valence-electron chi connectivity index (χ4n) is 2.48. The first-order chi connectivity index (χ1) is 7.40. The molecule has 0 amide bonds. The minimum absolute atomic E-state index is 0.443. The van der Waals surface area contributed by atoms with Crippen LogP contribution < -0.4 is 0 Å². The molecule has 0 aromatic heterocycles. The molecule has 1 nitrogen and oxygen atoms in total. The van der Waals surface area contributed by atoms with Gasteiger partial charge in [0.2, 0.25) is 0 Å². The van der Waals surface area contributed by atoms with E-state index in [1.165, 1.54) is 50.7 Å². The molecule has 0 aromatic rings. The van der Waals surface area contributed by atoms with Crippen molar-refractivity contribution in [1.82, 2.24) is 0 Å². The molecule has 0 N–H and O–H groups in total. The Morgan fingerprint density at radius 2 is 1.93 bits per heavy atom. The van der Waals surface area contributed by atoms with E-state index in [2.05, 4.69) is 12.3 Å². The smallest absolute Gasteiger partial charge is 0.433 e. The Kier molecular flexibility index (Phi) is 4.49. The summed E-state index contributed by atoms with van der Waals surface area (Å²) in [4.78, 5) is 0. The number of hydrogen-bond donors (Lipinski definition) is 0. The van der Waals surface area contributed by atoms with Crippen LogP contribution >= 0.6 is 11.6 Å². The third kappa shape index (κ3) is 3.20. The van der Waals surface area contributed by atoms with Crippen LogP contribution in [-0.4, -0.2) is 6.19 Å². The molecular formula is C12H21BOS. The lowest BCUT2D eigenvalue weighted by Crippen LogP contribution is -2.18. The molecule has 0 radical (unpaired) electrons. The lowest BCUT2D eigenvalue weighted by molar-refractivity contribution is 0.403. The van der Waals surface area contributed by atoms with Crippen molar-refractivity contribution in [3.05, 3.63) is 11.2 Å². The average Bonchev–Trinajstić information content (AvgIpc) is 2.65. The molecule has 1 aliphatic carbocycles. The van der Waals surface area contributed by atoms with Crippen molar-refractivity contribution in [2.45, 2.75) is 64.1 Å². The van der Waals surface area contributed by atoms with Crippen LogP contribution in [-0.2, 0) is 4.65 Å². The van der Waals surface area contributed by atoms with E-state index < -0.39 is 0 Å². The molecular weight excluding hydrogens is 203 g/mol. The number of hydrogen-bond acceptors (Lipinski definition) is 2. The zero-order chi connectivity index (χ0) is 10.5. The van der Waals surface area contributed by atoms with Crippen LogP contribution in [0.4, 0.5) is 0 Å². The molecule has 0 saturated heterocycles. The average molecular weight is 224 g/mol. The van der Waals surface area contributed by atoms with Gasteiger partial charge < -0.3 is 4.65 Å². The molecule has 0 unspecified atom stereocenters. The van der Waals surface area contributed by atoms with Gasteiger partial charge >= 0.3 is 6.19 Å². The van der Waals surface area contributed by atoms with Gasteiger partial charge in [0, 0.05) is 6.42 Å². The second-order valence-electron chi connectivity index (χ2n) is 4.67. The van der Waals surface area contributed by atoms with Crippen LogP contribution in [0.2, 0.25) is 5.82 Å². The number of allylic oxidation sites excluding steroid dienone is 1. The SMILES string of the molecule is CCC1=CSB(C2CCCCCCC2)O1. The van der Waals surface area contributed by atoms with Gasteiger partial charge in [0.15, 0.2) is 0 Å². The lowest BCUT2D eigenvalue weighted by atomic mass is 9.70. The highest BCUT2D eigenvalue weighted by Gasteiger charge is 2.33. The molecule has 2 aliphatic rings. The Hall–Kier alpha value is -0.0451. The summed E-state index contributed by atoms with van der Waals surface area (Å²) in [5, 5.41) is 2.23. The van der Waals surface area contributed by atoms with E-state index >= 15 is 0 Å². The second kappa shape index (κ2) is 5.88. The largest absolute Gasteiger partial charge is 0.552 e. The molecule has 3 heteroatoms. The first-order valence-electron chi connectivity index (χ1n) is 6.41. The summed E-state index contributed by atoms with van der Waals surface area (Å²) in [6.45, 7) is 2.17. The fraction of sp³-hybridized carbons (Fsp3) is 0.833. The Balaban J connectivity index is 1.82. The van der Waals surface area contributed by atoms with Crippen molar-refractivity contribution in [3.8, 4) is 0 Å². The van der Waals surface area contributed by atoms with Crippen LogP contribution in [0.3, 0.4) is 0 Å². The van der Waals surface area contributed by atoms with Gasteiger partial charge in [-0.2, -0.15) is 0 Å². The van der Waals surface area contributed by atoms with Gasteiger partial charge in [-0.3, -0.25) is 0 Å². The summed E-state index contributed by atoms with van der Waals surface area (Å²) < 4.78 is 5.97. The van der Waals surface area contributed by atoms with Crippen molar-refractivity contribution in [3.63, 3.8) is 0 Å². The van der Waals surface area contributed by atoms with E-state index in [1.54, 1.807) is 0 Å². The van der Waals surface area contributed by atoms with Gasteiger partial charge in [-0.1, -0.05) is 51.9 Å². The van der Waals surface area contributed by atoms with Gasteiger partial charge in [-0.15, -0.1) is 11.6 Å². The number of rotatable bonds is 2. The summed E-state index contributed by atoms with van der Waals surface area (Å²) in [5.74, 6) is 2.00. The highest BCUT2D eigenvalue weighted by Crippen LogP contribution is 2.39. The molecule has 1 fully saturated rings. The highest BCUT2D eigenvalue weighted by molar-refractivity contribution is 8.27. The van der Waals surface area contributed by atoms with Gasteiger partial charge in [0.1, 0.15) is 0 Å². The van der Waals surface area contributed by atoms with E-state index in [0.717, 1.165) is 12.2 Å². The van der Waals surface area contributed by atoms with Crippen molar-refractivity contribution in [1.29, 1.82) is 0 Å². The first-order valence-corrected chi connectivity index (χ1v) is 7.35. The summed E-state index contributed by atoms with van der Waals surface area (Å²) >= 11 is 1.91. The Labute approximate surface area is 98.0 Å². The predicted octanol–water partition coefficient (Wildman–Crippen LogP) is 4.60. The fourth-order valence-corrected chi connectivity index (χ4v) is 3.66. The van der Waals surface area contributed by atoms with E-state index in [4.69, 9.17) is 4.65 Å². The van der Waals surface area contributed by atoms with Crippen molar-refractivity contribution < 1.29 is 4.65 Å². The first kappa shape index (κ1) is 11.4. The van der Waals surface area contributed by atoms with Gasteiger partial charge in [-0.25, -0.2) is 0 Å². The molecule has 0 bridgehead atoms. The Bertz CT molecular complexity index is 222. The molecule has 0 spiro atoms. The van der Waals surface area contributed by atoms with Crippen LogP contribution in [0, 0.1) is 0 Å². The Morgan fingerprint density at radius 3 is 2.53 bits per heavy atom.